The molecule has 0 aromatic carbocycles. The van der Waals surface area contributed by atoms with Crippen molar-refractivity contribution < 1.29 is 17.9 Å². The van der Waals surface area contributed by atoms with E-state index in [0.717, 1.165) is 0 Å². The summed E-state index contributed by atoms with van der Waals surface area (Å²) in [5, 5.41) is 0. The van der Waals surface area contributed by atoms with Crippen LogP contribution in [0.5, 0.6) is 0 Å². The summed E-state index contributed by atoms with van der Waals surface area (Å²) in [5.74, 6) is -0.632. The monoisotopic (exact) mass is 243 g/mol. The lowest BCUT2D eigenvalue weighted by atomic mass is 10.4. The van der Waals surface area contributed by atoms with Gasteiger partial charge in [0.25, 0.3) is 0 Å². The van der Waals surface area contributed by atoms with E-state index >= 15 is 0 Å². The fourth-order valence-electron chi connectivity index (χ4n) is 0.717. The van der Waals surface area contributed by atoms with E-state index in [1.165, 1.54) is 7.11 Å². The normalized spacial score (nSPS) is 13.6. The molecule has 0 aliphatic carbocycles. The first kappa shape index (κ1) is 13.7. The molecular weight excluding hydrogens is 230 g/mol. The molecule has 0 aliphatic heterocycles. The molecule has 0 amide bonds. The number of hydrogen-bond acceptors (Lipinski definition) is 4. The standard InChI is InChI=1S/C7H14ClNO4S/c1-6(5-8)9-14(11,12)4-3-7(10)13-2/h6,9H,3-5H2,1-2H3. The zero-order valence-corrected chi connectivity index (χ0v) is 9.69. The van der Waals surface area contributed by atoms with Crippen LogP contribution in [0, 0.1) is 0 Å². The predicted molar refractivity (Wildman–Crippen MR) is 53.7 cm³/mol. The third-order valence-corrected chi connectivity index (χ3v) is 3.38. The molecule has 0 heterocycles. The number of nitrogens with one attached hydrogen (secondary N) is 1. The Hall–Kier alpha value is -0.330. The fraction of sp³-hybridized carbons (Fsp3) is 0.857. The second-order valence-corrected chi connectivity index (χ2v) is 5.00. The molecule has 0 fully saturated rings. The quantitative estimate of drug-likeness (QED) is 0.530. The van der Waals surface area contributed by atoms with Crippen molar-refractivity contribution in [2.45, 2.75) is 19.4 Å². The van der Waals surface area contributed by atoms with Gasteiger partial charge in [0.2, 0.25) is 10.0 Å². The van der Waals surface area contributed by atoms with E-state index in [2.05, 4.69) is 9.46 Å². The van der Waals surface area contributed by atoms with Gasteiger partial charge in [-0.3, -0.25) is 4.79 Å². The average Bonchev–Trinajstić information content (AvgIpc) is 2.13. The summed E-state index contributed by atoms with van der Waals surface area (Å²) >= 11 is 5.43. The molecule has 0 aliphatic rings. The van der Waals surface area contributed by atoms with Gasteiger partial charge in [-0.05, 0) is 6.92 Å². The van der Waals surface area contributed by atoms with E-state index in [4.69, 9.17) is 11.6 Å². The molecule has 84 valence electrons. The smallest absolute Gasteiger partial charge is 0.306 e. The maximum absolute atomic E-state index is 11.2. The predicted octanol–water partition coefficient (Wildman–Crippen LogP) is 0.0962. The third-order valence-electron chi connectivity index (χ3n) is 1.41. The van der Waals surface area contributed by atoms with Crippen molar-refractivity contribution in [3.05, 3.63) is 0 Å². The summed E-state index contributed by atoms with van der Waals surface area (Å²) in [7, 11) is -2.22. The van der Waals surface area contributed by atoms with Gasteiger partial charge in [0, 0.05) is 11.9 Å². The number of halogens is 1. The number of methoxy groups -OCH3 is 1. The van der Waals surface area contributed by atoms with Gasteiger partial charge >= 0.3 is 5.97 Å². The van der Waals surface area contributed by atoms with Crippen LogP contribution in [0.3, 0.4) is 0 Å². The second kappa shape index (κ2) is 6.21. The van der Waals surface area contributed by atoms with Crippen molar-refractivity contribution in [3.8, 4) is 0 Å². The minimum atomic E-state index is -3.43. The summed E-state index contributed by atoms with van der Waals surface area (Å²) in [4.78, 5) is 10.7. The van der Waals surface area contributed by atoms with Crippen LogP contribution in [0.1, 0.15) is 13.3 Å². The van der Waals surface area contributed by atoms with Crippen LogP contribution >= 0.6 is 11.6 Å². The van der Waals surface area contributed by atoms with E-state index in [9.17, 15) is 13.2 Å². The van der Waals surface area contributed by atoms with Crippen LogP contribution in [-0.2, 0) is 19.6 Å². The Morgan fingerprint density at radius 1 is 1.57 bits per heavy atom. The first-order chi connectivity index (χ1) is 6.41. The van der Waals surface area contributed by atoms with Crippen molar-refractivity contribution in [1.29, 1.82) is 0 Å². The fourth-order valence-corrected chi connectivity index (χ4v) is 2.13. The molecular formula is C7H14ClNO4S. The Kier molecular flexibility index (Phi) is 6.06. The lowest BCUT2D eigenvalue weighted by molar-refractivity contribution is -0.140. The summed E-state index contributed by atoms with van der Waals surface area (Å²) in [6.07, 6.45) is -0.152. The molecule has 0 aromatic rings. The van der Waals surface area contributed by atoms with Gasteiger partial charge in [-0.25, -0.2) is 13.1 Å². The summed E-state index contributed by atoms with van der Waals surface area (Å²) in [6.45, 7) is 1.64. The Balaban J connectivity index is 4.02. The number of ether oxygens (including phenoxy) is 1. The van der Waals surface area contributed by atoms with Crippen LogP contribution in [0.2, 0.25) is 0 Å². The van der Waals surface area contributed by atoms with Crippen molar-refractivity contribution in [1.82, 2.24) is 4.72 Å². The largest absolute Gasteiger partial charge is 0.469 e. The highest BCUT2D eigenvalue weighted by molar-refractivity contribution is 7.89. The molecule has 0 radical (unpaired) electrons. The molecule has 0 aromatic heterocycles. The van der Waals surface area contributed by atoms with Gasteiger partial charge in [0.05, 0.1) is 19.3 Å². The Morgan fingerprint density at radius 3 is 2.57 bits per heavy atom. The molecule has 0 saturated carbocycles. The van der Waals surface area contributed by atoms with Crippen LogP contribution in [0.4, 0.5) is 0 Å². The number of sulfonamides is 1. The van der Waals surface area contributed by atoms with E-state index in [-0.39, 0.29) is 24.1 Å². The molecule has 5 nitrogen and oxygen atoms in total. The van der Waals surface area contributed by atoms with Crippen LogP contribution < -0.4 is 4.72 Å². The molecule has 1 N–H and O–H groups in total. The van der Waals surface area contributed by atoms with Gasteiger partial charge in [0.1, 0.15) is 0 Å². The number of rotatable bonds is 6. The van der Waals surface area contributed by atoms with E-state index in [0.29, 0.717) is 0 Å². The van der Waals surface area contributed by atoms with E-state index < -0.39 is 16.0 Å². The maximum Gasteiger partial charge on any atom is 0.306 e. The lowest BCUT2D eigenvalue weighted by Gasteiger charge is -2.10. The number of alkyl halides is 1. The molecule has 0 rings (SSSR count). The number of esters is 1. The molecule has 0 saturated heterocycles. The molecule has 14 heavy (non-hydrogen) atoms. The van der Waals surface area contributed by atoms with Crippen molar-refractivity contribution in [2.75, 3.05) is 18.7 Å². The van der Waals surface area contributed by atoms with Crippen molar-refractivity contribution >= 4 is 27.6 Å². The van der Waals surface area contributed by atoms with Crippen molar-refractivity contribution in [3.63, 3.8) is 0 Å². The first-order valence-electron chi connectivity index (χ1n) is 4.04. The van der Waals surface area contributed by atoms with Gasteiger partial charge in [-0.1, -0.05) is 0 Å². The number of carbonyl (C=O) groups excluding carboxylic acids is 1. The third kappa shape index (κ3) is 6.17. The van der Waals surface area contributed by atoms with Crippen LogP contribution in [-0.4, -0.2) is 39.2 Å². The highest BCUT2D eigenvalue weighted by Gasteiger charge is 2.15. The second-order valence-electron chi connectivity index (χ2n) is 2.82. The SMILES string of the molecule is COC(=O)CCS(=O)(=O)NC(C)CCl. The Bertz CT molecular complexity index is 277. The van der Waals surface area contributed by atoms with Crippen molar-refractivity contribution in [2.24, 2.45) is 0 Å². The topological polar surface area (TPSA) is 72.5 Å². The van der Waals surface area contributed by atoms with E-state index in [1.54, 1.807) is 6.92 Å². The first-order valence-corrected chi connectivity index (χ1v) is 6.22. The van der Waals surface area contributed by atoms with E-state index in [1.807, 2.05) is 0 Å². The maximum atomic E-state index is 11.2. The number of carbonyl (C=O) groups is 1. The molecule has 0 bridgehead atoms. The Morgan fingerprint density at radius 2 is 2.14 bits per heavy atom. The molecule has 0 spiro atoms. The molecule has 1 atom stereocenters. The minimum Gasteiger partial charge on any atom is -0.469 e. The number of hydrogen-bond donors (Lipinski definition) is 1. The summed E-state index contributed by atoms with van der Waals surface area (Å²) in [6, 6.07) is -0.334. The Labute approximate surface area is 88.8 Å². The zero-order chi connectivity index (χ0) is 11.2. The summed E-state index contributed by atoms with van der Waals surface area (Å²) in [5.41, 5.74) is 0. The van der Waals surface area contributed by atoms with Gasteiger partial charge in [-0.2, -0.15) is 0 Å². The molecule has 1 unspecified atom stereocenters. The average molecular weight is 244 g/mol. The highest BCUT2D eigenvalue weighted by atomic mass is 35.5. The lowest BCUT2D eigenvalue weighted by Crippen LogP contribution is -2.36. The van der Waals surface area contributed by atoms with Gasteiger partial charge in [-0.15, -0.1) is 11.6 Å². The van der Waals surface area contributed by atoms with Gasteiger partial charge < -0.3 is 4.74 Å². The minimum absolute atomic E-state index is 0.152. The summed E-state index contributed by atoms with van der Waals surface area (Å²) < 4.78 is 29.1. The van der Waals surface area contributed by atoms with Crippen LogP contribution in [0.15, 0.2) is 0 Å². The van der Waals surface area contributed by atoms with Gasteiger partial charge in [0.15, 0.2) is 0 Å². The van der Waals surface area contributed by atoms with Crippen LogP contribution in [0.25, 0.3) is 0 Å². The molecule has 7 heteroatoms. The highest BCUT2D eigenvalue weighted by Crippen LogP contribution is 1.95. The zero-order valence-electron chi connectivity index (χ0n) is 8.12.